The molecular weight excluding hydrogens is 502 g/mol. The van der Waals surface area contributed by atoms with Gasteiger partial charge in [0.15, 0.2) is 11.5 Å². The fourth-order valence-corrected chi connectivity index (χ4v) is 4.52. The van der Waals surface area contributed by atoms with Crippen molar-refractivity contribution >= 4 is 40.8 Å². The van der Waals surface area contributed by atoms with Crippen LogP contribution in [0.2, 0.25) is 0 Å². The number of anilines is 2. The first-order valence-corrected chi connectivity index (χ1v) is 12.8. The van der Waals surface area contributed by atoms with E-state index in [0.29, 0.717) is 54.7 Å². The Labute approximate surface area is 226 Å². The number of carbonyl (C=O) groups excluding carboxylic acids is 1. The molecule has 5 rings (SSSR count). The number of aliphatic imine (C=N–C) groups is 1. The average molecular weight is 532 g/mol. The van der Waals surface area contributed by atoms with Crippen LogP contribution in [0.1, 0.15) is 11.4 Å². The largest absolute Gasteiger partial charge is 0.485 e. The highest BCUT2D eigenvalue weighted by Crippen LogP contribution is 2.31. The molecule has 3 heterocycles. The summed E-state index contributed by atoms with van der Waals surface area (Å²) in [6, 6.07) is 18.9. The van der Waals surface area contributed by atoms with Crippen molar-refractivity contribution in [3.05, 3.63) is 72.1 Å². The number of amides is 1. The van der Waals surface area contributed by atoms with Crippen molar-refractivity contribution in [2.45, 2.75) is 20.0 Å². The molecule has 1 amide bonds. The van der Waals surface area contributed by atoms with E-state index in [4.69, 9.17) is 21.7 Å². The van der Waals surface area contributed by atoms with Crippen molar-refractivity contribution < 1.29 is 14.3 Å². The molecular formula is C27H29N7O3S. The van der Waals surface area contributed by atoms with Gasteiger partial charge in [0.2, 0.25) is 23.1 Å². The molecule has 2 aliphatic rings. The second kappa shape index (κ2) is 11.4. The molecule has 0 aliphatic carbocycles. The van der Waals surface area contributed by atoms with Crippen molar-refractivity contribution in [3.63, 3.8) is 0 Å². The summed E-state index contributed by atoms with van der Waals surface area (Å²) in [5, 5.41) is 6.68. The zero-order valence-corrected chi connectivity index (χ0v) is 22.1. The molecule has 38 heavy (non-hydrogen) atoms. The maximum Gasteiger partial charge on any atom is 0.267 e. The van der Waals surface area contributed by atoms with E-state index in [1.165, 1.54) is 0 Å². The van der Waals surface area contributed by atoms with Crippen molar-refractivity contribution in [2.75, 3.05) is 43.4 Å². The van der Waals surface area contributed by atoms with E-state index in [1.54, 1.807) is 4.90 Å². The molecule has 1 saturated heterocycles. The Kier molecular flexibility index (Phi) is 7.64. The van der Waals surface area contributed by atoms with Gasteiger partial charge in [-0.15, -0.1) is 0 Å². The SMILES string of the molecule is Cc1cc(C)nc(N/C(=N/C(=S)Nc2ccccc2)N2CCN(C(=O)C3COc4ccccc4O3)CC2)n1. The van der Waals surface area contributed by atoms with E-state index < -0.39 is 6.10 Å². The Balaban J connectivity index is 1.27. The predicted molar refractivity (Wildman–Crippen MR) is 150 cm³/mol. The second-order valence-electron chi connectivity index (χ2n) is 9.01. The number of ether oxygens (including phenoxy) is 2. The zero-order chi connectivity index (χ0) is 26.5. The minimum Gasteiger partial charge on any atom is -0.485 e. The van der Waals surface area contributed by atoms with E-state index in [1.807, 2.05) is 79.4 Å². The zero-order valence-electron chi connectivity index (χ0n) is 21.3. The summed E-state index contributed by atoms with van der Waals surface area (Å²) >= 11 is 5.53. The summed E-state index contributed by atoms with van der Waals surface area (Å²) in [4.78, 5) is 30.7. The monoisotopic (exact) mass is 531 g/mol. The van der Waals surface area contributed by atoms with E-state index in [0.717, 1.165) is 17.1 Å². The lowest BCUT2D eigenvalue weighted by Crippen LogP contribution is -2.56. The topological polar surface area (TPSA) is 104 Å². The van der Waals surface area contributed by atoms with Crippen molar-refractivity contribution in [3.8, 4) is 11.5 Å². The first-order valence-electron chi connectivity index (χ1n) is 12.4. The van der Waals surface area contributed by atoms with Crippen LogP contribution in [0.4, 0.5) is 11.6 Å². The minimum atomic E-state index is -0.672. The fourth-order valence-electron chi connectivity index (χ4n) is 4.31. The summed E-state index contributed by atoms with van der Waals surface area (Å²) in [6.07, 6.45) is -0.672. The van der Waals surface area contributed by atoms with Gasteiger partial charge in [-0.05, 0) is 56.4 Å². The highest BCUT2D eigenvalue weighted by atomic mass is 32.1. The molecule has 0 radical (unpaired) electrons. The number of guanidine groups is 1. The Hall–Kier alpha value is -4.25. The summed E-state index contributed by atoms with van der Waals surface area (Å²) in [5.41, 5.74) is 2.53. The van der Waals surface area contributed by atoms with Gasteiger partial charge in [0, 0.05) is 43.3 Å². The maximum atomic E-state index is 13.2. The summed E-state index contributed by atoms with van der Waals surface area (Å²) in [6.45, 7) is 6.09. The maximum absolute atomic E-state index is 13.2. The average Bonchev–Trinajstić information content (AvgIpc) is 2.92. The normalized spacial score (nSPS) is 17.1. The molecule has 2 N–H and O–H groups in total. The first kappa shape index (κ1) is 25.4. The number of para-hydroxylation sites is 3. The van der Waals surface area contributed by atoms with E-state index >= 15 is 0 Å². The minimum absolute atomic E-state index is 0.0930. The van der Waals surface area contributed by atoms with Crippen LogP contribution >= 0.6 is 12.2 Å². The Morgan fingerprint density at radius 1 is 0.921 bits per heavy atom. The molecule has 1 atom stereocenters. The number of hydrogen-bond acceptors (Lipinski definition) is 6. The number of nitrogens with one attached hydrogen (secondary N) is 2. The van der Waals surface area contributed by atoms with Crippen LogP contribution in [-0.4, -0.2) is 75.6 Å². The van der Waals surface area contributed by atoms with Gasteiger partial charge in [-0.1, -0.05) is 30.3 Å². The third kappa shape index (κ3) is 6.17. The Morgan fingerprint density at radius 3 is 2.26 bits per heavy atom. The lowest BCUT2D eigenvalue weighted by atomic mass is 10.2. The molecule has 0 spiro atoms. The van der Waals surface area contributed by atoms with E-state index in [2.05, 4.69) is 25.6 Å². The number of carbonyl (C=O) groups is 1. The molecule has 2 aliphatic heterocycles. The molecule has 1 aromatic heterocycles. The molecule has 0 saturated carbocycles. The summed E-state index contributed by atoms with van der Waals surface area (Å²) in [7, 11) is 0. The predicted octanol–water partition coefficient (Wildman–Crippen LogP) is 3.24. The number of piperazine rings is 1. The van der Waals surface area contributed by atoms with E-state index in [9.17, 15) is 4.79 Å². The third-order valence-corrected chi connectivity index (χ3v) is 6.31. The van der Waals surface area contributed by atoms with Crippen LogP contribution in [0.25, 0.3) is 0 Å². The van der Waals surface area contributed by atoms with Crippen LogP contribution < -0.4 is 20.1 Å². The van der Waals surface area contributed by atoms with Crippen LogP contribution in [0.15, 0.2) is 65.7 Å². The van der Waals surface area contributed by atoms with Crippen LogP contribution in [-0.2, 0) is 4.79 Å². The van der Waals surface area contributed by atoms with Gasteiger partial charge in [-0.2, -0.15) is 4.99 Å². The molecule has 2 aromatic carbocycles. The number of aromatic nitrogens is 2. The standard InChI is InChI=1S/C27H29N7O3S/c1-18-16-19(2)29-25(28-18)31-26(32-27(38)30-20-8-4-3-5-9-20)34-14-12-33(13-15-34)24(35)23-17-36-21-10-6-7-11-22(21)37-23/h3-11,16,23H,12-15,17H2,1-2H3,(H2,28,29,30,31,32,38). The van der Waals surface area contributed by atoms with Gasteiger partial charge in [0.1, 0.15) is 6.61 Å². The van der Waals surface area contributed by atoms with Gasteiger partial charge in [0.05, 0.1) is 0 Å². The number of aryl methyl sites for hydroxylation is 2. The van der Waals surface area contributed by atoms with Gasteiger partial charge >= 0.3 is 0 Å². The quantitative estimate of drug-likeness (QED) is 0.299. The highest BCUT2D eigenvalue weighted by molar-refractivity contribution is 7.80. The number of nitrogens with zero attached hydrogens (tertiary/aromatic N) is 5. The van der Waals surface area contributed by atoms with Gasteiger partial charge < -0.3 is 24.6 Å². The van der Waals surface area contributed by atoms with Gasteiger partial charge in [0.25, 0.3) is 5.91 Å². The number of thiocarbonyl (C=S) groups is 1. The highest BCUT2D eigenvalue weighted by Gasteiger charge is 2.33. The van der Waals surface area contributed by atoms with Crippen LogP contribution in [0.3, 0.4) is 0 Å². The first-order chi connectivity index (χ1) is 18.4. The van der Waals surface area contributed by atoms with E-state index in [-0.39, 0.29) is 12.5 Å². The van der Waals surface area contributed by atoms with Gasteiger partial charge in [-0.25, -0.2) is 9.97 Å². The molecule has 11 heteroatoms. The van der Waals surface area contributed by atoms with Crippen molar-refractivity contribution in [1.82, 2.24) is 19.8 Å². The van der Waals surface area contributed by atoms with Crippen LogP contribution in [0, 0.1) is 13.8 Å². The number of fused-ring (bicyclic) bond motifs is 1. The van der Waals surface area contributed by atoms with Crippen LogP contribution in [0.5, 0.6) is 11.5 Å². The fraction of sp³-hybridized carbons (Fsp3) is 0.296. The lowest BCUT2D eigenvalue weighted by Gasteiger charge is -2.38. The van der Waals surface area contributed by atoms with Gasteiger partial charge in [-0.3, -0.25) is 10.1 Å². The lowest BCUT2D eigenvalue weighted by molar-refractivity contribution is -0.142. The summed E-state index contributed by atoms with van der Waals surface area (Å²) in [5.74, 6) is 2.10. The molecule has 10 nitrogen and oxygen atoms in total. The van der Waals surface area contributed by atoms with Crippen molar-refractivity contribution in [2.24, 2.45) is 4.99 Å². The Bertz CT molecular complexity index is 1320. The second-order valence-corrected chi connectivity index (χ2v) is 9.39. The number of rotatable bonds is 3. The molecule has 196 valence electrons. The molecule has 1 fully saturated rings. The Morgan fingerprint density at radius 2 is 1.55 bits per heavy atom. The third-order valence-electron chi connectivity index (χ3n) is 6.11. The molecule has 3 aromatic rings. The molecule has 0 bridgehead atoms. The summed E-state index contributed by atoms with van der Waals surface area (Å²) < 4.78 is 11.7. The smallest absolute Gasteiger partial charge is 0.267 e. The van der Waals surface area contributed by atoms with Crippen molar-refractivity contribution in [1.29, 1.82) is 0 Å². The number of hydrogen-bond donors (Lipinski definition) is 2. The number of benzene rings is 2. The molecule has 1 unspecified atom stereocenters.